The van der Waals surface area contributed by atoms with E-state index in [9.17, 15) is 4.79 Å². The van der Waals surface area contributed by atoms with Gasteiger partial charge in [0.15, 0.2) is 0 Å². The van der Waals surface area contributed by atoms with Gasteiger partial charge in [-0.3, -0.25) is 15.0 Å². The second-order valence-corrected chi connectivity index (χ2v) is 6.35. The molecule has 116 valence electrons. The van der Waals surface area contributed by atoms with E-state index in [1.807, 2.05) is 31.2 Å². The lowest BCUT2D eigenvalue weighted by molar-refractivity contribution is 0.0342. The van der Waals surface area contributed by atoms with Crippen molar-refractivity contribution in [2.24, 2.45) is 0 Å². The van der Waals surface area contributed by atoms with Crippen LogP contribution in [-0.2, 0) is 11.3 Å². The van der Waals surface area contributed by atoms with Gasteiger partial charge in [0.1, 0.15) is 5.01 Å². The molecular weight excluding hydrogens is 300 g/mol. The van der Waals surface area contributed by atoms with Gasteiger partial charge in [-0.15, -0.1) is 10.2 Å². The lowest BCUT2D eigenvalue weighted by atomic mass is 10.1. The van der Waals surface area contributed by atoms with Gasteiger partial charge in [0.25, 0.3) is 5.91 Å². The van der Waals surface area contributed by atoms with Crippen LogP contribution >= 0.6 is 11.3 Å². The highest BCUT2D eigenvalue weighted by Gasteiger charge is 2.12. The van der Waals surface area contributed by atoms with E-state index in [2.05, 4.69) is 20.4 Å². The molecule has 1 saturated heterocycles. The maximum atomic E-state index is 12.1. The number of aromatic nitrogens is 2. The number of hydrogen-bond donors (Lipinski definition) is 1. The number of benzene rings is 1. The number of nitrogens with zero attached hydrogens (tertiary/aromatic N) is 3. The van der Waals surface area contributed by atoms with Crippen LogP contribution in [0.5, 0.6) is 0 Å². The van der Waals surface area contributed by atoms with Crippen molar-refractivity contribution in [3.63, 3.8) is 0 Å². The molecule has 0 radical (unpaired) electrons. The molecule has 3 rings (SSSR count). The Kier molecular flexibility index (Phi) is 4.77. The normalized spacial score (nSPS) is 15.7. The summed E-state index contributed by atoms with van der Waals surface area (Å²) in [4.78, 5) is 14.5. The van der Waals surface area contributed by atoms with Crippen molar-refractivity contribution in [1.82, 2.24) is 15.1 Å². The second-order valence-electron chi connectivity index (χ2n) is 5.17. The number of ether oxygens (including phenoxy) is 1. The molecule has 2 heterocycles. The molecule has 0 atom stereocenters. The number of carbonyl (C=O) groups is 1. The molecule has 1 aromatic carbocycles. The minimum Gasteiger partial charge on any atom is -0.379 e. The Morgan fingerprint density at radius 2 is 2.00 bits per heavy atom. The Morgan fingerprint density at radius 1 is 1.27 bits per heavy atom. The Morgan fingerprint density at radius 3 is 2.64 bits per heavy atom. The van der Waals surface area contributed by atoms with E-state index >= 15 is 0 Å². The molecule has 1 aromatic heterocycles. The van der Waals surface area contributed by atoms with Crippen molar-refractivity contribution in [1.29, 1.82) is 0 Å². The first-order chi connectivity index (χ1) is 10.7. The first-order valence-electron chi connectivity index (χ1n) is 7.21. The van der Waals surface area contributed by atoms with Crippen LogP contribution in [0, 0.1) is 6.92 Å². The van der Waals surface area contributed by atoms with E-state index < -0.39 is 0 Å². The highest BCUT2D eigenvalue weighted by Crippen LogP contribution is 2.15. The molecule has 1 amide bonds. The standard InChI is InChI=1S/C15H18N4O2S/c1-11-17-18-15(22-11)16-14(20)13-4-2-12(3-5-13)10-19-6-8-21-9-7-19/h2-5H,6-10H2,1H3,(H,16,18,20). The van der Waals surface area contributed by atoms with E-state index in [4.69, 9.17) is 4.74 Å². The minimum atomic E-state index is -0.158. The Labute approximate surface area is 133 Å². The first-order valence-corrected chi connectivity index (χ1v) is 8.03. The molecule has 2 aromatic rings. The van der Waals surface area contributed by atoms with Crippen LogP contribution in [0.4, 0.5) is 5.13 Å². The maximum Gasteiger partial charge on any atom is 0.257 e. The predicted octanol–water partition coefficient (Wildman–Crippen LogP) is 1.93. The van der Waals surface area contributed by atoms with E-state index in [1.165, 1.54) is 16.9 Å². The van der Waals surface area contributed by atoms with E-state index in [0.717, 1.165) is 37.9 Å². The smallest absolute Gasteiger partial charge is 0.257 e. The summed E-state index contributed by atoms with van der Waals surface area (Å²) in [6.07, 6.45) is 0. The molecule has 0 saturated carbocycles. The van der Waals surface area contributed by atoms with Gasteiger partial charge in [-0.05, 0) is 24.6 Å². The molecular formula is C15H18N4O2S. The van der Waals surface area contributed by atoms with Gasteiger partial charge in [0.2, 0.25) is 5.13 Å². The molecule has 6 nitrogen and oxygen atoms in total. The van der Waals surface area contributed by atoms with Gasteiger partial charge in [-0.1, -0.05) is 23.5 Å². The van der Waals surface area contributed by atoms with E-state index in [-0.39, 0.29) is 5.91 Å². The summed E-state index contributed by atoms with van der Waals surface area (Å²) in [5, 5.41) is 11.9. The Balaban J connectivity index is 1.59. The van der Waals surface area contributed by atoms with Crippen LogP contribution in [0.3, 0.4) is 0 Å². The van der Waals surface area contributed by atoms with Gasteiger partial charge >= 0.3 is 0 Å². The minimum absolute atomic E-state index is 0.158. The quantitative estimate of drug-likeness (QED) is 0.933. The molecule has 1 fully saturated rings. The monoisotopic (exact) mass is 318 g/mol. The molecule has 0 spiro atoms. The van der Waals surface area contributed by atoms with Crippen LogP contribution in [0.25, 0.3) is 0 Å². The van der Waals surface area contributed by atoms with Gasteiger partial charge in [0.05, 0.1) is 13.2 Å². The molecule has 0 unspecified atom stereocenters. The molecule has 0 aliphatic carbocycles. The van der Waals surface area contributed by atoms with Gasteiger partial charge in [-0.25, -0.2) is 0 Å². The van der Waals surface area contributed by atoms with Crippen LogP contribution < -0.4 is 5.32 Å². The lowest BCUT2D eigenvalue weighted by Crippen LogP contribution is -2.35. The summed E-state index contributed by atoms with van der Waals surface area (Å²) in [7, 11) is 0. The van der Waals surface area contributed by atoms with Crippen LogP contribution in [0.2, 0.25) is 0 Å². The SMILES string of the molecule is Cc1nnc(NC(=O)c2ccc(CN3CCOCC3)cc2)s1. The molecule has 7 heteroatoms. The van der Waals surface area contributed by atoms with Crippen molar-refractivity contribution in [3.05, 3.63) is 40.4 Å². The molecule has 1 aliphatic heterocycles. The highest BCUT2D eigenvalue weighted by atomic mass is 32.1. The largest absolute Gasteiger partial charge is 0.379 e. The maximum absolute atomic E-state index is 12.1. The third kappa shape index (κ3) is 3.88. The number of amides is 1. The summed E-state index contributed by atoms with van der Waals surface area (Å²) < 4.78 is 5.34. The number of aryl methyl sites for hydroxylation is 1. The van der Waals surface area contributed by atoms with Crippen LogP contribution in [-0.4, -0.2) is 47.3 Å². The Hall–Kier alpha value is -1.83. The Bertz CT molecular complexity index is 635. The molecule has 0 bridgehead atoms. The van der Waals surface area contributed by atoms with Gasteiger partial charge in [0, 0.05) is 25.2 Å². The third-order valence-corrected chi connectivity index (χ3v) is 4.23. The molecule has 1 N–H and O–H groups in total. The molecule has 1 aliphatic rings. The summed E-state index contributed by atoms with van der Waals surface area (Å²) in [5.74, 6) is -0.158. The van der Waals surface area contributed by atoms with Crippen LogP contribution in [0.1, 0.15) is 20.9 Å². The number of carbonyl (C=O) groups excluding carboxylic acids is 1. The van der Waals surface area contributed by atoms with Crippen molar-refractivity contribution in [3.8, 4) is 0 Å². The highest BCUT2D eigenvalue weighted by molar-refractivity contribution is 7.15. The summed E-state index contributed by atoms with van der Waals surface area (Å²) in [5.41, 5.74) is 1.82. The molecule has 22 heavy (non-hydrogen) atoms. The third-order valence-electron chi connectivity index (χ3n) is 3.47. The van der Waals surface area contributed by atoms with E-state index in [0.29, 0.717) is 10.7 Å². The topological polar surface area (TPSA) is 67.4 Å². The first kappa shape index (κ1) is 15.1. The van der Waals surface area contributed by atoms with Crippen molar-refractivity contribution in [2.45, 2.75) is 13.5 Å². The number of anilines is 1. The number of morpholine rings is 1. The van der Waals surface area contributed by atoms with E-state index in [1.54, 1.807) is 0 Å². The fourth-order valence-electron chi connectivity index (χ4n) is 2.30. The van der Waals surface area contributed by atoms with Gasteiger partial charge in [-0.2, -0.15) is 0 Å². The van der Waals surface area contributed by atoms with Crippen molar-refractivity contribution in [2.75, 3.05) is 31.6 Å². The van der Waals surface area contributed by atoms with Crippen molar-refractivity contribution < 1.29 is 9.53 Å². The fourth-order valence-corrected chi connectivity index (χ4v) is 2.88. The zero-order valence-corrected chi connectivity index (χ0v) is 13.2. The van der Waals surface area contributed by atoms with Crippen LogP contribution in [0.15, 0.2) is 24.3 Å². The summed E-state index contributed by atoms with van der Waals surface area (Å²) >= 11 is 1.36. The predicted molar refractivity (Wildman–Crippen MR) is 85.1 cm³/mol. The average Bonchev–Trinajstić information content (AvgIpc) is 2.94. The fraction of sp³-hybridized carbons (Fsp3) is 0.400. The average molecular weight is 318 g/mol. The second kappa shape index (κ2) is 6.95. The zero-order chi connectivity index (χ0) is 15.4. The summed E-state index contributed by atoms with van der Waals surface area (Å²) in [6, 6.07) is 7.68. The number of hydrogen-bond acceptors (Lipinski definition) is 6. The number of rotatable bonds is 4. The lowest BCUT2D eigenvalue weighted by Gasteiger charge is -2.26. The number of nitrogens with one attached hydrogen (secondary N) is 1. The van der Waals surface area contributed by atoms with Crippen molar-refractivity contribution >= 4 is 22.4 Å². The zero-order valence-electron chi connectivity index (χ0n) is 12.4. The van der Waals surface area contributed by atoms with Gasteiger partial charge < -0.3 is 4.74 Å². The summed E-state index contributed by atoms with van der Waals surface area (Å²) in [6.45, 7) is 6.25.